The molecule has 0 aliphatic heterocycles. The summed E-state index contributed by atoms with van der Waals surface area (Å²) in [6.45, 7) is 7.15. The fraction of sp³-hybridized carbons (Fsp3) is 0.333. The second-order valence-corrected chi connectivity index (χ2v) is 6.31. The van der Waals surface area contributed by atoms with Gasteiger partial charge in [-0.2, -0.15) is 0 Å². The summed E-state index contributed by atoms with van der Waals surface area (Å²) in [5, 5.41) is 3.46. The maximum absolute atomic E-state index is 14.0. The highest BCUT2D eigenvalue weighted by atomic mass is 79.9. The average Bonchev–Trinajstić information content (AvgIpc) is 2.45. The minimum atomic E-state index is -0.148. The summed E-state index contributed by atoms with van der Waals surface area (Å²) in [4.78, 5) is 0. The van der Waals surface area contributed by atoms with E-state index in [1.807, 2.05) is 6.07 Å². The van der Waals surface area contributed by atoms with Gasteiger partial charge in [0.05, 0.1) is 0 Å². The number of rotatable bonds is 5. The quantitative estimate of drug-likeness (QED) is 0.791. The normalized spacial score (nSPS) is 12.4. The molecule has 2 aromatic carbocycles. The number of likely N-dealkylation sites (N-methyl/N-ethyl adjacent to an activating group) is 1. The van der Waals surface area contributed by atoms with Crippen LogP contribution in [0.3, 0.4) is 0 Å². The highest BCUT2D eigenvalue weighted by Gasteiger charge is 2.14. The van der Waals surface area contributed by atoms with Gasteiger partial charge in [0.2, 0.25) is 0 Å². The zero-order valence-electron chi connectivity index (χ0n) is 12.7. The van der Waals surface area contributed by atoms with Gasteiger partial charge in [0.15, 0.2) is 0 Å². The van der Waals surface area contributed by atoms with Crippen molar-refractivity contribution in [3.8, 4) is 0 Å². The Bertz CT molecular complexity index is 625. The fourth-order valence-electron chi connectivity index (χ4n) is 2.46. The maximum Gasteiger partial charge on any atom is 0.126 e. The Labute approximate surface area is 134 Å². The van der Waals surface area contributed by atoms with Crippen molar-refractivity contribution in [2.45, 2.75) is 33.2 Å². The average molecular weight is 350 g/mol. The molecule has 0 amide bonds. The van der Waals surface area contributed by atoms with Gasteiger partial charge in [-0.1, -0.05) is 41.1 Å². The van der Waals surface area contributed by atoms with Crippen molar-refractivity contribution in [3.05, 3.63) is 68.9 Å². The lowest BCUT2D eigenvalue weighted by molar-refractivity contribution is 0.527. The van der Waals surface area contributed by atoms with Gasteiger partial charge in [0, 0.05) is 10.5 Å². The first-order valence-corrected chi connectivity index (χ1v) is 8.05. The topological polar surface area (TPSA) is 12.0 Å². The third kappa shape index (κ3) is 4.14. The van der Waals surface area contributed by atoms with Gasteiger partial charge in [-0.05, 0) is 67.3 Å². The van der Waals surface area contributed by atoms with E-state index in [4.69, 9.17) is 0 Å². The largest absolute Gasteiger partial charge is 0.310 e. The van der Waals surface area contributed by atoms with Crippen LogP contribution in [0, 0.1) is 19.7 Å². The Balaban J connectivity index is 2.30. The minimum absolute atomic E-state index is 0.123. The molecule has 21 heavy (non-hydrogen) atoms. The molecule has 0 aromatic heterocycles. The summed E-state index contributed by atoms with van der Waals surface area (Å²) >= 11 is 3.42. The number of halogens is 2. The zero-order chi connectivity index (χ0) is 15.4. The monoisotopic (exact) mass is 349 g/mol. The Kier molecular flexibility index (Phi) is 5.54. The highest BCUT2D eigenvalue weighted by molar-refractivity contribution is 9.10. The second kappa shape index (κ2) is 7.19. The molecule has 1 atom stereocenters. The van der Waals surface area contributed by atoms with E-state index in [1.165, 1.54) is 22.8 Å². The smallest absolute Gasteiger partial charge is 0.126 e. The predicted octanol–water partition coefficient (Wildman–Crippen LogP) is 5.10. The molecule has 0 aliphatic carbocycles. The first-order chi connectivity index (χ1) is 10.0. The zero-order valence-corrected chi connectivity index (χ0v) is 14.3. The van der Waals surface area contributed by atoms with E-state index in [1.54, 1.807) is 6.07 Å². The molecule has 2 rings (SSSR count). The summed E-state index contributed by atoms with van der Waals surface area (Å²) in [6.07, 6.45) is 0.640. The molecule has 0 bridgehead atoms. The van der Waals surface area contributed by atoms with Gasteiger partial charge in [-0.25, -0.2) is 4.39 Å². The molecule has 0 heterocycles. The molecule has 0 spiro atoms. The summed E-state index contributed by atoms with van der Waals surface area (Å²) < 4.78 is 14.9. The van der Waals surface area contributed by atoms with E-state index in [0.29, 0.717) is 6.42 Å². The van der Waals surface area contributed by atoms with Crippen LogP contribution in [-0.2, 0) is 6.42 Å². The van der Waals surface area contributed by atoms with E-state index in [2.05, 4.69) is 60.2 Å². The van der Waals surface area contributed by atoms with Crippen LogP contribution in [-0.4, -0.2) is 6.54 Å². The molecule has 0 aliphatic rings. The fourth-order valence-corrected chi connectivity index (χ4v) is 2.86. The molecule has 2 aromatic rings. The van der Waals surface area contributed by atoms with Crippen molar-refractivity contribution in [2.24, 2.45) is 0 Å². The summed E-state index contributed by atoms with van der Waals surface area (Å²) in [5.74, 6) is -0.148. The molecule has 0 saturated carbocycles. The minimum Gasteiger partial charge on any atom is -0.310 e. The number of hydrogen-bond donors (Lipinski definition) is 1. The first-order valence-electron chi connectivity index (χ1n) is 7.25. The Hall–Kier alpha value is -1.19. The third-order valence-electron chi connectivity index (χ3n) is 3.82. The third-order valence-corrected chi connectivity index (χ3v) is 4.31. The molecule has 1 nitrogen and oxygen atoms in total. The highest BCUT2D eigenvalue weighted by Crippen LogP contribution is 2.24. The summed E-state index contributed by atoms with van der Waals surface area (Å²) in [7, 11) is 0. The van der Waals surface area contributed by atoms with E-state index >= 15 is 0 Å². The van der Waals surface area contributed by atoms with Crippen LogP contribution in [0.15, 0.2) is 40.9 Å². The molecule has 3 heteroatoms. The number of aryl methyl sites for hydroxylation is 2. The van der Waals surface area contributed by atoms with Gasteiger partial charge in [0.1, 0.15) is 5.82 Å². The van der Waals surface area contributed by atoms with Gasteiger partial charge < -0.3 is 5.32 Å². The molecule has 0 fully saturated rings. The van der Waals surface area contributed by atoms with Crippen molar-refractivity contribution in [1.29, 1.82) is 0 Å². The van der Waals surface area contributed by atoms with Gasteiger partial charge in [-0.15, -0.1) is 0 Å². The Morgan fingerprint density at radius 2 is 1.86 bits per heavy atom. The van der Waals surface area contributed by atoms with Crippen LogP contribution in [0.1, 0.15) is 35.2 Å². The van der Waals surface area contributed by atoms with Crippen molar-refractivity contribution >= 4 is 15.9 Å². The van der Waals surface area contributed by atoms with Crippen molar-refractivity contribution in [2.75, 3.05) is 6.54 Å². The van der Waals surface area contributed by atoms with Crippen molar-refractivity contribution < 1.29 is 4.39 Å². The van der Waals surface area contributed by atoms with Crippen molar-refractivity contribution in [1.82, 2.24) is 5.32 Å². The molecule has 112 valence electrons. The van der Waals surface area contributed by atoms with Crippen molar-refractivity contribution in [3.63, 3.8) is 0 Å². The van der Waals surface area contributed by atoms with Gasteiger partial charge in [0.25, 0.3) is 0 Å². The lowest BCUT2D eigenvalue weighted by atomic mass is 9.95. The van der Waals surface area contributed by atoms with E-state index < -0.39 is 0 Å². The molecular formula is C18H21BrFN. The lowest BCUT2D eigenvalue weighted by Gasteiger charge is -2.20. The molecule has 1 N–H and O–H groups in total. The number of nitrogens with one attached hydrogen (secondary N) is 1. The van der Waals surface area contributed by atoms with Crippen LogP contribution in [0.5, 0.6) is 0 Å². The van der Waals surface area contributed by atoms with Crippen LogP contribution >= 0.6 is 15.9 Å². The summed E-state index contributed by atoms with van der Waals surface area (Å²) in [5.41, 5.74) is 4.49. The Morgan fingerprint density at radius 3 is 2.52 bits per heavy atom. The van der Waals surface area contributed by atoms with Crippen LogP contribution in [0.2, 0.25) is 0 Å². The molecule has 0 radical (unpaired) electrons. The van der Waals surface area contributed by atoms with Crippen LogP contribution in [0.25, 0.3) is 0 Å². The first kappa shape index (κ1) is 16.2. The van der Waals surface area contributed by atoms with E-state index in [-0.39, 0.29) is 11.9 Å². The molecule has 1 unspecified atom stereocenters. The van der Waals surface area contributed by atoms with E-state index in [0.717, 1.165) is 16.6 Å². The van der Waals surface area contributed by atoms with E-state index in [9.17, 15) is 4.39 Å². The maximum atomic E-state index is 14.0. The number of benzene rings is 2. The standard InChI is InChI=1S/C18H21BrFN/c1-4-21-18(14-6-5-12(2)13(3)9-14)11-15-10-16(19)7-8-17(15)20/h5-10,18,21H,4,11H2,1-3H3. The lowest BCUT2D eigenvalue weighted by Crippen LogP contribution is -2.23. The predicted molar refractivity (Wildman–Crippen MR) is 90.1 cm³/mol. The molecular weight excluding hydrogens is 329 g/mol. The van der Waals surface area contributed by atoms with Crippen LogP contribution in [0.4, 0.5) is 4.39 Å². The van der Waals surface area contributed by atoms with Gasteiger partial charge >= 0.3 is 0 Å². The van der Waals surface area contributed by atoms with Gasteiger partial charge in [-0.3, -0.25) is 0 Å². The number of hydrogen-bond acceptors (Lipinski definition) is 1. The summed E-state index contributed by atoms with van der Waals surface area (Å²) in [6, 6.07) is 11.7. The van der Waals surface area contributed by atoms with Crippen LogP contribution < -0.4 is 5.32 Å². The molecule has 0 saturated heterocycles. The Morgan fingerprint density at radius 1 is 1.10 bits per heavy atom. The second-order valence-electron chi connectivity index (χ2n) is 5.39. The SMILES string of the molecule is CCNC(Cc1cc(Br)ccc1F)c1ccc(C)c(C)c1.